The Balaban J connectivity index is 1.37. The largest absolute Gasteiger partial charge is 0.351 e. The van der Waals surface area contributed by atoms with E-state index in [2.05, 4.69) is 40.5 Å². The molecule has 24 heavy (non-hydrogen) atoms. The molecule has 0 radical (unpaired) electrons. The van der Waals surface area contributed by atoms with Crippen molar-refractivity contribution in [3.63, 3.8) is 0 Å². The van der Waals surface area contributed by atoms with Gasteiger partial charge in [0.05, 0.1) is 4.88 Å². The van der Waals surface area contributed by atoms with Crippen molar-refractivity contribution in [2.45, 2.75) is 29.9 Å². The summed E-state index contributed by atoms with van der Waals surface area (Å²) < 4.78 is 0. The second-order valence-corrected chi connectivity index (χ2v) is 8.48. The topological polar surface area (TPSA) is 32.3 Å². The summed E-state index contributed by atoms with van der Waals surface area (Å²) in [5.74, 6) is 1.05. The molecule has 0 unspecified atom stereocenters. The van der Waals surface area contributed by atoms with Crippen LogP contribution in [-0.2, 0) is 5.75 Å². The van der Waals surface area contributed by atoms with E-state index in [4.69, 9.17) is 0 Å². The molecule has 3 nitrogen and oxygen atoms in total. The molecule has 3 heterocycles. The molecule has 2 aliphatic heterocycles. The van der Waals surface area contributed by atoms with Crippen LogP contribution in [0.5, 0.6) is 0 Å². The number of carbonyl (C=O) groups excluding carboxylic acids is 1. The van der Waals surface area contributed by atoms with Crippen molar-refractivity contribution in [1.82, 2.24) is 10.2 Å². The monoisotopic (exact) mass is 358 g/mol. The number of likely N-dealkylation sites (tertiary alicyclic amines) is 1. The molecule has 0 bridgehead atoms. The first-order valence-corrected chi connectivity index (χ1v) is 10.5. The Kier molecular flexibility index (Phi) is 4.92. The Hall–Kier alpha value is -1.30. The van der Waals surface area contributed by atoms with E-state index in [1.54, 1.807) is 11.3 Å². The van der Waals surface area contributed by atoms with Gasteiger partial charge in [-0.15, -0.1) is 23.1 Å². The lowest BCUT2D eigenvalue weighted by molar-refractivity contribution is 0.0956. The molecule has 0 aliphatic carbocycles. The quantitative estimate of drug-likeness (QED) is 0.812. The van der Waals surface area contributed by atoms with Crippen LogP contribution in [-0.4, -0.2) is 37.0 Å². The molecule has 1 fully saturated rings. The lowest BCUT2D eigenvalue weighted by Gasteiger charge is -2.14. The van der Waals surface area contributed by atoms with Gasteiger partial charge in [0.25, 0.3) is 5.91 Å². The second-order valence-electron chi connectivity index (χ2n) is 6.41. The number of thiophene rings is 1. The molecule has 126 valence electrons. The predicted octanol–water partition coefficient (Wildman–Crippen LogP) is 4.24. The van der Waals surface area contributed by atoms with Crippen LogP contribution in [0.4, 0.5) is 0 Å². The molecule has 0 spiro atoms. The normalized spacial score (nSPS) is 16.7. The number of rotatable bonds is 5. The third-order valence-electron chi connectivity index (χ3n) is 4.68. The number of amides is 1. The average Bonchev–Trinajstić information content (AvgIpc) is 3.28. The molecule has 5 heteroatoms. The summed E-state index contributed by atoms with van der Waals surface area (Å²) in [6.07, 6.45) is 3.69. The van der Waals surface area contributed by atoms with Gasteiger partial charge in [0.1, 0.15) is 0 Å². The van der Waals surface area contributed by atoms with Gasteiger partial charge in [-0.05, 0) is 56.6 Å². The first-order valence-electron chi connectivity index (χ1n) is 8.67. The smallest absolute Gasteiger partial charge is 0.261 e. The molecule has 4 rings (SSSR count). The summed E-state index contributed by atoms with van der Waals surface area (Å²) in [7, 11) is 0. The van der Waals surface area contributed by atoms with Crippen molar-refractivity contribution in [2.75, 3.05) is 26.2 Å². The van der Waals surface area contributed by atoms with Crippen LogP contribution in [0.2, 0.25) is 0 Å². The van der Waals surface area contributed by atoms with Gasteiger partial charge in [0.15, 0.2) is 0 Å². The maximum Gasteiger partial charge on any atom is 0.261 e. The van der Waals surface area contributed by atoms with Gasteiger partial charge in [-0.1, -0.05) is 18.2 Å². The maximum atomic E-state index is 12.4. The van der Waals surface area contributed by atoms with E-state index in [-0.39, 0.29) is 5.91 Å². The van der Waals surface area contributed by atoms with E-state index in [0.717, 1.165) is 30.1 Å². The van der Waals surface area contributed by atoms with E-state index in [1.165, 1.54) is 46.8 Å². The molecule has 1 aromatic carbocycles. The minimum atomic E-state index is 0.0818. The Morgan fingerprint density at radius 3 is 2.92 bits per heavy atom. The van der Waals surface area contributed by atoms with Crippen LogP contribution in [0.3, 0.4) is 0 Å². The van der Waals surface area contributed by atoms with E-state index >= 15 is 0 Å². The van der Waals surface area contributed by atoms with E-state index < -0.39 is 0 Å². The third-order valence-corrected chi connectivity index (χ3v) is 7.01. The lowest BCUT2D eigenvalue weighted by atomic mass is 10.1. The van der Waals surface area contributed by atoms with E-state index in [9.17, 15) is 4.79 Å². The van der Waals surface area contributed by atoms with Crippen LogP contribution in [0.1, 0.15) is 34.5 Å². The lowest BCUT2D eigenvalue weighted by Crippen LogP contribution is -2.28. The number of hydrogen-bond acceptors (Lipinski definition) is 4. The SMILES string of the molecule is O=C(NCCCN1CCCC1)c1cc2c(s1)-c1ccccc1SC2. The minimum absolute atomic E-state index is 0.0818. The van der Waals surface area contributed by atoms with Crippen molar-refractivity contribution >= 4 is 29.0 Å². The van der Waals surface area contributed by atoms with Gasteiger partial charge in [-0.2, -0.15) is 0 Å². The van der Waals surface area contributed by atoms with Crippen LogP contribution in [0.15, 0.2) is 35.2 Å². The van der Waals surface area contributed by atoms with E-state index in [0.29, 0.717) is 0 Å². The number of hydrogen-bond donors (Lipinski definition) is 1. The predicted molar refractivity (Wildman–Crippen MR) is 102 cm³/mol. The molecule has 2 aliphatic rings. The van der Waals surface area contributed by atoms with Crippen LogP contribution in [0, 0.1) is 0 Å². The maximum absolute atomic E-state index is 12.4. The summed E-state index contributed by atoms with van der Waals surface area (Å²) >= 11 is 3.50. The van der Waals surface area contributed by atoms with Gasteiger partial charge >= 0.3 is 0 Å². The molecule has 2 aromatic rings. The highest BCUT2D eigenvalue weighted by Gasteiger charge is 2.21. The zero-order valence-electron chi connectivity index (χ0n) is 13.7. The van der Waals surface area contributed by atoms with Crippen LogP contribution in [0.25, 0.3) is 10.4 Å². The number of carbonyl (C=O) groups is 1. The fourth-order valence-electron chi connectivity index (χ4n) is 3.41. The highest BCUT2D eigenvalue weighted by molar-refractivity contribution is 7.98. The molecular formula is C19H22N2OS2. The molecule has 0 saturated carbocycles. The zero-order valence-corrected chi connectivity index (χ0v) is 15.3. The van der Waals surface area contributed by atoms with Gasteiger partial charge in [-0.3, -0.25) is 4.79 Å². The number of nitrogens with zero attached hydrogens (tertiary/aromatic N) is 1. The molecular weight excluding hydrogens is 336 g/mol. The molecule has 1 N–H and O–H groups in total. The fourth-order valence-corrected chi connectivity index (χ4v) is 5.74. The molecule has 1 aromatic heterocycles. The average molecular weight is 359 g/mol. The van der Waals surface area contributed by atoms with Crippen molar-refractivity contribution in [3.05, 3.63) is 40.8 Å². The zero-order chi connectivity index (χ0) is 16.4. The number of thioether (sulfide) groups is 1. The van der Waals surface area contributed by atoms with Crippen molar-refractivity contribution in [3.8, 4) is 10.4 Å². The number of fused-ring (bicyclic) bond motifs is 3. The summed E-state index contributed by atoms with van der Waals surface area (Å²) in [6.45, 7) is 4.32. The Morgan fingerprint density at radius 2 is 2.04 bits per heavy atom. The highest BCUT2D eigenvalue weighted by atomic mass is 32.2. The Morgan fingerprint density at radius 1 is 1.21 bits per heavy atom. The van der Waals surface area contributed by atoms with Crippen molar-refractivity contribution in [2.24, 2.45) is 0 Å². The molecule has 1 saturated heterocycles. The van der Waals surface area contributed by atoms with Crippen LogP contribution >= 0.6 is 23.1 Å². The van der Waals surface area contributed by atoms with E-state index in [1.807, 2.05) is 11.8 Å². The van der Waals surface area contributed by atoms with Crippen molar-refractivity contribution < 1.29 is 4.79 Å². The van der Waals surface area contributed by atoms with Gasteiger partial charge < -0.3 is 10.2 Å². The highest BCUT2D eigenvalue weighted by Crippen LogP contribution is 2.45. The number of nitrogens with one attached hydrogen (secondary N) is 1. The van der Waals surface area contributed by atoms with Crippen molar-refractivity contribution in [1.29, 1.82) is 0 Å². The van der Waals surface area contributed by atoms with Gasteiger partial charge in [0.2, 0.25) is 0 Å². The summed E-state index contributed by atoms with van der Waals surface area (Å²) in [6, 6.07) is 10.6. The van der Waals surface area contributed by atoms with Crippen LogP contribution < -0.4 is 5.32 Å². The summed E-state index contributed by atoms with van der Waals surface area (Å²) in [4.78, 5) is 18.4. The second kappa shape index (κ2) is 7.30. The third kappa shape index (κ3) is 3.39. The first kappa shape index (κ1) is 16.2. The number of benzene rings is 1. The Labute approximate surface area is 151 Å². The standard InChI is InChI=1S/C19H22N2OS2/c22-19(20-8-5-11-21-9-3-4-10-21)17-12-14-13-23-16-7-2-1-6-15(16)18(14)24-17/h1-2,6-7,12H,3-5,8-11,13H2,(H,20,22). The fraction of sp³-hybridized carbons (Fsp3) is 0.421. The summed E-state index contributed by atoms with van der Waals surface area (Å²) in [5, 5.41) is 3.09. The summed E-state index contributed by atoms with van der Waals surface area (Å²) in [5.41, 5.74) is 2.58. The Bertz CT molecular complexity index is 735. The minimum Gasteiger partial charge on any atom is -0.351 e. The molecule has 1 amide bonds. The van der Waals surface area contributed by atoms with Gasteiger partial charge in [0, 0.05) is 27.6 Å². The molecule has 0 atom stereocenters. The van der Waals surface area contributed by atoms with Gasteiger partial charge in [-0.25, -0.2) is 0 Å². The first-order chi connectivity index (χ1) is 11.8.